The van der Waals surface area contributed by atoms with Gasteiger partial charge < -0.3 is 10.6 Å². The minimum Gasteiger partial charge on any atom is -0.384 e. The number of hydrogen-bond acceptors (Lipinski definition) is 2. The first-order chi connectivity index (χ1) is 8.33. The summed E-state index contributed by atoms with van der Waals surface area (Å²) in [5, 5.41) is 6.29. The maximum Gasteiger partial charge on any atom is 0.229 e. The van der Waals surface area contributed by atoms with Crippen LogP contribution in [0.4, 0.5) is 5.69 Å². The van der Waals surface area contributed by atoms with Crippen LogP contribution in [0, 0.1) is 0 Å². The molecule has 1 heterocycles. The maximum absolute atomic E-state index is 12.0. The van der Waals surface area contributed by atoms with Gasteiger partial charge in [0.15, 0.2) is 0 Å². The lowest BCUT2D eigenvalue weighted by molar-refractivity contribution is -0.122. The summed E-state index contributed by atoms with van der Waals surface area (Å²) < 4.78 is 0. The Balaban J connectivity index is 1.89. The van der Waals surface area contributed by atoms with E-state index in [1.165, 1.54) is 12.8 Å². The molecule has 2 N–H and O–H groups in total. The van der Waals surface area contributed by atoms with Gasteiger partial charge in [-0.1, -0.05) is 38.0 Å². The quantitative estimate of drug-likeness (QED) is 0.766. The smallest absolute Gasteiger partial charge is 0.229 e. The lowest BCUT2D eigenvalue weighted by Crippen LogP contribution is -2.31. The molecule has 0 saturated heterocycles. The Morgan fingerprint density at radius 2 is 2.24 bits per heavy atom. The van der Waals surface area contributed by atoms with E-state index in [1.807, 2.05) is 24.3 Å². The van der Waals surface area contributed by atoms with Crippen molar-refractivity contribution < 1.29 is 4.79 Å². The van der Waals surface area contributed by atoms with E-state index in [2.05, 4.69) is 17.6 Å². The summed E-state index contributed by atoms with van der Waals surface area (Å²) >= 11 is 0. The molecule has 1 aliphatic rings. The molecule has 0 bridgehead atoms. The SMILES string of the molecule is CCCCCNC(=O)C1CNc2ccccc21. The number of benzene rings is 1. The van der Waals surface area contributed by atoms with Gasteiger partial charge in [-0.3, -0.25) is 4.79 Å². The van der Waals surface area contributed by atoms with E-state index >= 15 is 0 Å². The van der Waals surface area contributed by atoms with Crippen LogP contribution in [0.5, 0.6) is 0 Å². The predicted octanol–water partition coefficient (Wildman–Crippen LogP) is 2.50. The van der Waals surface area contributed by atoms with Gasteiger partial charge in [-0.2, -0.15) is 0 Å². The van der Waals surface area contributed by atoms with Crippen molar-refractivity contribution in [1.82, 2.24) is 5.32 Å². The topological polar surface area (TPSA) is 41.1 Å². The lowest BCUT2D eigenvalue weighted by atomic mass is 10.0. The normalized spacial score (nSPS) is 17.4. The summed E-state index contributed by atoms with van der Waals surface area (Å²) in [6, 6.07) is 8.04. The number of para-hydroxylation sites is 1. The maximum atomic E-state index is 12.0. The van der Waals surface area contributed by atoms with Gasteiger partial charge in [0.25, 0.3) is 0 Å². The summed E-state index contributed by atoms with van der Waals surface area (Å²) in [5.41, 5.74) is 2.22. The molecular weight excluding hydrogens is 212 g/mol. The molecule has 0 spiro atoms. The molecule has 0 aliphatic carbocycles. The van der Waals surface area contributed by atoms with Gasteiger partial charge in [-0.15, -0.1) is 0 Å². The molecule has 2 rings (SSSR count). The van der Waals surface area contributed by atoms with E-state index < -0.39 is 0 Å². The third-order valence-electron chi connectivity index (χ3n) is 3.23. The molecule has 3 heteroatoms. The largest absolute Gasteiger partial charge is 0.384 e. The summed E-state index contributed by atoms with van der Waals surface area (Å²) in [5.74, 6) is 0.131. The van der Waals surface area contributed by atoms with Crippen molar-refractivity contribution in [1.29, 1.82) is 0 Å². The highest BCUT2D eigenvalue weighted by Gasteiger charge is 2.27. The van der Waals surface area contributed by atoms with Crippen molar-refractivity contribution in [2.75, 3.05) is 18.4 Å². The molecule has 0 radical (unpaired) electrons. The third-order valence-corrected chi connectivity index (χ3v) is 3.23. The fourth-order valence-electron chi connectivity index (χ4n) is 2.23. The zero-order valence-electron chi connectivity index (χ0n) is 10.3. The van der Waals surface area contributed by atoms with Gasteiger partial charge in [0.2, 0.25) is 5.91 Å². The Kier molecular flexibility index (Phi) is 4.02. The Morgan fingerprint density at radius 1 is 1.41 bits per heavy atom. The first-order valence-electron chi connectivity index (χ1n) is 6.43. The highest BCUT2D eigenvalue weighted by molar-refractivity contribution is 5.88. The van der Waals surface area contributed by atoms with Crippen molar-refractivity contribution in [2.45, 2.75) is 32.1 Å². The van der Waals surface area contributed by atoms with Gasteiger partial charge >= 0.3 is 0 Å². The second-order valence-corrected chi connectivity index (χ2v) is 4.52. The first kappa shape index (κ1) is 12.0. The van der Waals surface area contributed by atoms with Gasteiger partial charge in [0, 0.05) is 18.8 Å². The predicted molar refractivity (Wildman–Crippen MR) is 70.2 cm³/mol. The van der Waals surface area contributed by atoms with E-state index in [0.717, 1.165) is 30.8 Å². The van der Waals surface area contributed by atoms with Crippen molar-refractivity contribution >= 4 is 11.6 Å². The number of anilines is 1. The average Bonchev–Trinajstić information content (AvgIpc) is 2.78. The number of fused-ring (bicyclic) bond motifs is 1. The van der Waals surface area contributed by atoms with Crippen LogP contribution >= 0.6 is 0 Å². The molecule has 1 aliphatic heterocycles. The average molecular weight is 232 g/mol. The van der Waals surface area contributed by atoms with Crippen molar-refractivity contribution in [2.24, 2.45) is 0 Å². The van der Waals surface area contributed by atoms with Crippen LogP contribution in [0.3, 0.4) is 0 Å². The zero-order chi connectivity index (χ0) is 12.1. The Hall–Kier alpha value is -1.51. The van der Waals surface area contributed by atoms with Crippen molar-refractivity contribution in [3.8, 4) is 0 Å². The summed E-state index contributed by atoms with van der Waals surface area (Å²) in [6.45, 7) is 3.68. The third kappa shape index (κ3) is 2.78. The van der Waals surface area contributed by atoms with Crippen LogP contribution in [-0.2, 0) is 4.79 Å². The number of carbonyl (C=O) groups excluding carboxylic acids is 1. The zero-order valence-corrected chi connectivity index (χ0v) is 10.3. The van der Waals surface area contributed by atoms with Gasteiger partial charge in [0.05, 0.1) is 5.92 Å². The molecule has 0 fully saturated rings. The molecule has 1 unspecified atom stereocenters. The number of carbonyl (C=O) groups is 1. The summed E-state index contributed by atoms with van der Waals surface area (Å²) in [4.78, 5) is 12.0. The molecule has 0 saturated carbocycles. The lowest BCUT2D eigenvalue weighted by Gasteiger charge is -2.10. The van der Waals surface area contributed by atoms with Crippen LogP contribution in [0.25, 0.3) is 0 Å². The molecular formula is C14H20N2O. The molecule has 1 aromatic carbocycles. The van der Waals surface area contributed by atoms with Crippen molar-refractivity contribution in [3.05, 3.63) is 29.8 Å². The minimum atomic E-state index is -0.0205. The molecule has 92 valence electrons. The number of unbranched alkanes of at least 4 members (excludes halogenated alkanes) is 2. The summed E-state index contributed by atoms with van der Waals surface area (Å²) in [7, 11) is 0. The van der Waals surface area contributed by atoms with E-state index in [4.69, 9.17) is 0 Å². The van der Waals surface area contributed by atoms with Gasteiger partial charge in [0.1, 0.15) is 0 Å². The fraction of sp³-hybridized carbons (Fsp3) is 0.500. The Labute approximate surface area is 103 Å². The second-order valence-electron chi connectivity index (χ2n) is 4.52. The van der Waals surface area contributed by atoms with E-state index in [0.29, 0.717) is 0 Å². The first-order valence-corrected chi connectivity index (χ1v) is 6.43. The molecule has 1 atom stereocenters. The van der Waals surface area contributed by atoms with Gasteiger partial charge in [-0.05, 0) is 18.1 Å². The highest BCUT2D eigenvalue weighted by Crippen LogP contribution is 2.30. The van der Waals surface area contributed by atoms with E-state index in [1.54, 1.807) is 0 Å². The second kappa shape index (κ2) is 5.71. The minimum absolute atomic E-state index is 0.0205. The highest BCUT2D eigenvalue weighted by atomic mass is 16.1. The molecule has 0 aromatic heterocycles. The molecule has 17 heavy (non-hydrogen) atoms. The van der Waals surface area contributed by atoms with Crippen LogP contribution in [0.2, 0.25) is 0 Å². The standard InChI is InChI=1S/C14H20N2O/c1-2-3-6-9-15-14(17)12-10-16-13-8-5-4-7-11(12)13/h4-5,7-8,12,16H,2-3,6,9-10H2,1H3,(H,15,17). The van der Waals surface area contributed by atoms with Crippen LogP contribution in [0.1, 0.15) is 37.7 Å². The molecule has 1 aromatic rings. The number of amides is 1. The van der Waals surface area contributed by atoms with Crippen LogP contribution in [-0.4, -0.2) is 19.0 Å². The molecule has 3 nitrogen and oxygen atoms in total. The Bertz CT molecular complexity index is 390. The van der Waals surface area contributed by atoms with E-state index in [9.17, 15) is 4.79 Å². The monoisotopic (exact) mass is 232 g/mol. The van der Waals surface area contributed by atoms with Crippen LogP contribution in [0.15, 0.2) is 24.3 Å². The fourth-order valence-corrected chi connectivity index (χ4v) is 2.23. The summed E-state index contributed by atoms with van der Waals surface area (Å²) in [6.07, 6.45) is 3.44. The molecule has 1 amide bonds. The van der Waals surface area contributed by atoms with Crippen LogP contribution < -0.4 is 10.6 Å². The van der Waals surface area contributed by atoms with E-state index in [-0.39, 0.29) is 11.8 Å². The number of hydrogen-bond donors (Lipinski definition) is 2. The Morgan fingerprint density at radius 3 is 3.06 bits per heavy atom. The number of nitrogens with one attached hydrogen (secondary N) is 2. The number of rotatable bonds is 5. The van der Waals surface area contributed by atoms with Gasteiger partial charge in [-0.25, -0.2) is 0 Å². The van der Waals surface area contributed by atoms with Crippen molar-refractivity contribution in [3.63, 3.8) is 0 Å².